The van der Waals surface area contributed by atoms with Crippen LogP contribution in [0.15, 0.2) is 12.2 Å². The fourth-order valence-electron chi connectivity index (χ4n) is 8.84. The van der Waals surface area contributed by atoms with Crippen molar-refractivity contribution >= 4 is 5.97 Å². The lowest BCUT2D eigenvalue weighted by molar-refractivity contribution is -0.305. The molecule has 1 rings (SSSR count). The molecule has 9 nitrogen and oxygen atoms in total. The fourth-order valence-corrected chi connectivity index (χ4v) is 8.84. The molecular weight excluding hydrogens is 805 g/mol. The molecule has 0 aliphatic carbocycles. The van der Waals surface area contributed by atoms with Crippen LogP contribution in [0.3, 0.4) is 0 Å². The summed E-state index contributed by atoms with van der Waals surface area (Å²) in [7, 11) is 0. The van der Waals surface area contributed by atoms with E-state index >= 15 is 0 Å². The first-order valence-electron chi connectivity index (χ1n) is 27.8. The topological polar surface area (TPSA) is 135 Å². The molecule has 0 spiro atoms. The standard InChI is InChI=1S/C55H106O9/c1-3-5-7-9-11-13-15-17-19-21-22-23-24-25-26-27-29-31-33-35-37-39-41-43-45-61-47-49(48-62-55-54(60)53(59)52(58)50(46-56)64-55)63-51(57)44-42-40-38-36-34-32-30-28-20-18-16-14-12-10-8-6-4-2/h21-22,49-50,52-56,58-60H,3-20,23-48H2,1-2H3/b22-21-. The minimum absolute atomic E-state index is 0.107. The van der Waals surface area contributed by atoms with E-state index < -0.39 is 43.4 Å². The van der Waals surface area contributed by atoms with Crippen LogP contribution in [0.2, 0.25) is 0 Å². The molecule has 380 valence electrons. The lowest BCUT2D eigenvalue weighted by atomic mass is 9.99. The van der Waals surface area contributed by atoms with E-state index in [1.165, 1.54) is 218 Å². The molecule has 0 aromatic heterocycles. The van der Waals surface area contributed by atoms with Crippen LogP contribution < -0.4 is 0 Å². The number of ether oxygens (including phenoxy) is 4. The molecule has 64 heavy (non-hydrogen) atoms. The number of unbranched alkanes of at least 4 members (excludes halogenated alkanes) is 36. The third-order valence-electron chi connectivity index (χ3n) is 13.2. The van der Waals surface area contributed by atoms with E-state index in [2.05, 4.69) is 26.0 Å². The molecule has 1 aliphatic rings. The number of carbonyl (C=O) groups excluding carboxylic acids is 1. The maximum Gasteiger partial charge on any atom is 0.306 e. The summed E-state index contributed by atoms with van der Waals surface area (Å²) in [6.07, 6.45) is 48.3. The number of aliphatic hydroxyl groups is 4. The average Bonchev–Trinajstić information content (AvgIpc) is 3.30. The Morgan fingerprint density at radius 2 is 0.859 bits per heavy atom. The monoisotopic (exact) mass is 911 g/mol. The number of allylic oxidation sites excluding steroid dienone is 2. The lowest BCUT2D eigenvalue weighted by Crippen LogP contribution is -2.59. The Bertz CT molecular complexity index is 993. The normalized spacial score (nSPS) is 19.5. The van der Waals surface area contributed by atoms with Crippen LogP contribution in [0.5, 0.6) is 0 Å². The molecular formula is C55H106O9. The first-order valence-corrected chi connectivity index (χ1v) is 27.8. The second-order valence-corrected chi connectivity index (χ2v) is 19.4. The number of esters is 1. The highest BCUT2D eigenvalue weighted by Crippen LogP contribution is 2.23. The van der Waals surface area contributed by atoms with Crippen LogP contribution in [0.4, 0.5) is 0 Å². The van der Waals surface area contributed by atoms with Crippen LogP contribution in [0, 0.1) is 0 Å². The SMILES string of the molecule is CCCCCCCCCC/C=C\CCCCCCCCCCCCCCOCC(COC1OC(CO)C(O)C(O)C1O)OC(=O)CCCCCCCCCCCCCCCCCCC. The van der Waals surface area contributed by atoms with Crippen LogP contribution in [-0.2, 0) is 23.7 Å². The van der Waals surface area contributed by atoms with Crippen molar-refractivity contribution < 1.29 is 44.2 Å². The summed E-state index contributed by atoms with van der Waals surface area (Å²) < 4.78 is 23.0. The highest BCUT2D eigenvalue weighted by molar-refractivity contribution is 5.69. The second-order valence-electron chi connectivity index (χ2n) is 19.4. The predicted octanol–water partition coefficient (Wildman–Crippen LogP) is 13.9. The van der Waals surface area contributed by atoms with Gasteiger partial charge in [0.25, 0.3) is 0 Å². The number of aliphatic hydroxyl groups excluding tert-OH is 4. The van der Waals surface area contributed by atoms with Gasteiger partial charge in [-0.1, -0.05) is 238 Å². The summed E-state index contributed by atoms with van der Waals surface area (Å²) in [5, 5.41) is 40.3. The summed E-state index contributed by atoms with van der Waals surface area (Å²) in [6, 6.07) is 0. The van der Waals surface area contributed by atoms with Crippen molar-refractivity contribution in [2.45, 2.75) is 307 Å². The van der Waals surface area contributed by atoms with E-state index in [4.69, 9.17) is 18.9 Å². The highest BCUT2D eigenvalue weighted by Gasteiger charge is 2.44. The van der Waals surface area contributed by atoms with Crippen molar-refractivity contribution in [3.05, 3.63) is 12.2 Å². The smallest absolute Gasteiger partial charge is 0.306 e. The van der Waals surface area contributed by atoms with Crippen molar-refractivity contribution in [3.63, 3.8) is 0 Å². The van der Waals surface area contributed by atoms with E-state index in [9.17, 15) is 25.2 Å². The number of hydrogen-bond acceptors (Lipinski definition) is 9. The summed E-state index contributed by atoms with van der Waals surface area (Å²) in [5.41, 5.74) is 0. The van der Waals surface area contributed by atoms with Gasteiger partial charge >= 0.3 is 5.97 Å². The highest BCUT2D eigenvalue weighted by atomic mass is 16.7. The Balaban J connectivity index is 2.14. The zero-order valence-corrected chi connectivity index (χ0v) is 42.1. The first kappa shape index (κ1) is 60.9. The zero-order valence-electron chi connectivity index (χ0n) is 42.1. The molecule has 1 fully saturated rings. The maximum absolute atomic E-state index is 12.8. The van der Waals surface area contributed by atoms with E-state index in [1.54, 1.807) is 0 Å². The second kappa shape index (κ2) is 47.0. The largest absolute Gasteiger partial charge is 0.457 e. The van der Waals surface area contributed by atoms with Gasteiger partial charge in [0, 0.05) is 13.0 Å². The molecule has 1 saturated heterocycles. The molecule has 1 heterocycles. The molecule has 0 bridgehead atoms. The van der Waals surface area contributed by atoms with Crippen LogP contribution in [-0.4, -0.2) is 89.6 Å². The summed E-state index contributed by atoms with van der Waals surface area (Å²) in [4.78, 5) is 12.8. The maximum atomic E-state index is 12.8. The minimum Gasteiger partial charge on any atom is -0.457 e. The Morgan fingerprint density at radius 1 is 0.484 bits per heavy atom. The van der Waals surface area contributed by atoms with E-state index in [1.807, 2.05) is 0 Å². The van der Waals surface area contributed by atoms with Gasteiger partial charge in [0.05, 0.1) is 19.8 Å². The van der Waals surface area contributed by atoms with E-state index in [0.29, 0.717) is 13.0 Å². The molecule has 0 aromatic carbocycles. The fraction of sp³-hybridized carbons (Fsp3) is 0.945. The van der Waals surface area contributed by atoms with Gasteiger partial charge in [-0.25, -0.2) is 0 Å². The Labute approximate surface area is 395 Å². The zero-order chi connectivity index (χ0) is 46.4. The Hall–Kier alpha value is -1.07. The van der Waals surface area contributed by atoms with Gasteiger partial charge in [0.2, 0.25) is 0 Å². The summed E-state index contributed by atoms with van der Waals surface area (Å²) in [5.74, 6) is -0.306. The Morgan fingerprint density at radius 3 is 1.27 bits per heavy atom. The molecule has 0 radical (unpaired) electrons. The van der Waals surface area contributed by atoms with Crippen molar-refractivity contribution in [1.29, 1.82) is 0 Å². The van der Waals surface area contributed by atoms with Gasteiger partial charge in [0.15, 0.2) is 6.29 Å². The molecule has 6 atom stereocenters. The van der Waals surface area contributed by atoms with Gasteiger partial charge in [-0.15, -0.1) is 0 Å². The molecule has 6 unspecified atom stereocenters. The minimum atomic E-state index is -1.53. The van der Waals surface area contributed by atoms with E-state index in [0.717, 1.165) is 32.1 Å². The molecule has 0 aromatic rings. The predicted molar refractivity (Wildman–Crippen MR) is 266 cm³/mol. The number of carbonyl (C=O) groups is 1. The number of hydrogen-bond donors (Lipinski definition) is 4. The van der Waals surface area contributed by atoms with Crippen LogP contribution >= 0.6 is 0 Å². The quantitative estimate of drug-likeness (QED) is 0.0267. The van der Waals surface area contributed by atoms with Gasteiger partial charge in [0.1, 0.15) is 30.5 Å². The third-order valence-corrected chi connectivity index (χ3v) is 13.2. The Kier molecular flexibility index (Phi) is 44.8. The molecule has 9 heteroatoms. The number of rotatable bonds is 49. The van der Waals surface area contributed by atoms with Crippen LogP contribution in [0.1, 0.15) is 271 Å². The van der Waals surface area contributed by atoms with Gasteiger partial charge in [-0.05, 0) is 38.5 Å². The van der Waals surface area contributed by atoms with Gasteiger partial charge in [-0.3, -0.25) is 4.79 Å². The third kappa shape index (κ3) is 37.0. The first-order chi connectivity index (χ1) is 31.4. The van der Waals surface area contributed by atoms with Crippen molar-refractivity contribution in [3.8, 4) is 0 Å². The molecule has 4 N–H and O–H groups in total. The average molecular weight is 911 g/mol. The van der Waals surface area contributed by atoms with Crippen molar-refractivity contribution in [2.24, 2.45) is 0 Å². The summed E-state index contributed by atoms with van der Waals surface area (Å²) >= 11 is 0. The lowest BCUT2D eigenvalue weighted by Gasteiger charge is -2.39. The van der Waals surface area contributed by atoms with Gasteiger partial charge < -0.3 is 39.4 Å². The van der Waals surface area contributed by atoms with Crippen LogP contribution in [0.25, 0.3) is 0 Å². The molecule has 0 saturated carbocycles. The van der Waals surface area contributed by atoms with Gasteiger partial charge in [-0.2, -0.15) is 0 Å². The van der Waals surface area contributed by atoms with E-state index in [-0.39, 0.29) is 19.2 Å². The van der Waals surface area contributed by atoms with Crippen molar-refractivity contribution in [1.82, 2.24) is 0 Å². The molecule has 1 aliphatic heterocycles. The molecule has 0 amide bonds. The van der Waals surface area contributed by atoms with Crippen molar-refractivity contribution in [2.75, 3.05) is 26.4 Å². The summed E-state index contributed by atoms with van der Waals surface area (Å²) in [6.45, 7) is 4.62.